The zero-order chi connectivity index (χ0) is 21.6. The molecule has 1 saturated heterocycles. The van der Waals surface area contributed by atoms with Crippen LogP contribution in [0.15, 0.2) is 53.7 Å². The second-order valence-corrected chi connectivity index (χ2v) is 11.6. The Kier molecular flexibility index (Phi) is 5.30. The van der Waals surface area contributed by atoms with Crippen molar-refractivity contribution in [2.24, 2.45) is 0 Å². The Morgan fingerprint density at radius 2 is 1.84 bits per heavy atom. The molecule has 2 aromatic carbocycles. The van der Waals surface area contributed by atoms with Crippen LogP contribution in [0, 0.1) is 6.92 Å². The highest BCUT2D eigenvalue weighted by Gasteiger charge is 2.42. The number of aryl methyl sites for hydroxylation is 1. The smallest absolute Gasteiger partial charge is 0.233 e. The molecule has 0 unspecified atom stereocenters. The van der Waals surface area contributed by atoms with Crippen LogP contribution in [-0.4, -0.2) is 58.1 Å². The zero-order valence-electron chi connectivity index (χ0n) is 17.4. The van der Waals surface area contributed by atoms with E-state index in [9.17, 15) is 13.2 Å². The molecule has 1 amide bonds. The van der Waals surface area contributed by atoms with Gasteiger partial charge in [-0.2, -0.15) is 0 Å². The molecule has 8 heteroatoms. The van der Waals surface area contributed by atoms with Crippen molar-refractivity contribution in [2.75, 3.05) is 17.3 Å². The van der Waals surface area contributed by atoms with Gasteiger partial charge in [-0.15, -0.1) is 0 Å². The van der Waals surface area contributed by atoms with Gasteiger partial charge in [0.25, 0.3) is 0 Å². The van der Waals surface area contributed by atoms with Crippen molar-refractivity contribution in [3.8, 4) is 5.69 Å². The predicted octanol–water partition coefficient (Wildman–Crippen LogP) is 3.60. The Hall–Kier alpha value is -2.32. The number of carbonyl (C=O) groups is 1. The Balaban J connectivity index is 1.41. The Morgan fingerprint density at radius 1 is 1.10 bits per heavy atom. The first-order chi connectivity index (χ1) is 14.9. The zero-order valence-corrected chi connectivity index (χ0v) is 19.0. The van der Waals surface area contributed by atoms with E-state index in [2.05, 4.69) is 35.8 Å². The first-order valence-corrected chi connectivity index (χ1v) is 13.4. The summed E-state index contributed by atoms with van der Waals surface area (Å²) in [7, 11) is -3.03. The van der Waals surface area contributed by atoms with Crippen molar-refractivity contribution in [1.82, 2.24) is 14.5 Å². The lowest BCUT2D eigenvalue weighted by atomic mass is 10.2. The molecule has 0 bridgehead atoms. The van der Waals surface area contributed by atoms with Gasteiger partial charge in [0.1, 0.15) is 0 Å². The maximum atomic E-state index is 13.2. The number of hydrogen-bond acceptors (Lipinski definition) is 5. The van der Waals surface area contributed by atoms with Crippen LogP contribution < -0.4 is 0 Å². The molecule has 2 fully saturated rings. The number of amides is 1. The van der Waals surface area contributed by atoms with Gasteiger partial charge in [-0.3, -0.25) is 9.36 Å². The molecule has 0 radical (unpaired) electrons. The lowest BCUT2D eigenvalue weighted by Gasteiger charge is -2.28. The number of nitrogens with zero attached hydrogens (tertiary/aromatic N) is 3. The van der Waals surface area contributed by atoms with Crippen molar-refractivity contribution in [1.29, 1.82) is 0 Å². The number of imidazole rings is 1. The van der Waals surface area contributed by atoms with E-state index in [1.165, 1.54) is 17.3 Å². The van der Waals surface area contributed by atoms with Crippen LogP contribution >= 0.6 is 11.8 Å². The molecule has 1 aliphatic carbocycles. The maximum absolute atomic E-state index is 13.2. The summed E-state index contributed by atoms with van der Waals surface area (Å²) in [4.78, 5) is 19.8. The molecule has 162 valence electrons. The summed E-state index contributed by atoms with van der Waals surface area (Å²) >= 11 is 1.42. The van der Waals surface area contributed by atoms with Crippen LogP contribution in [0.3, 0.4) is 0 Å². The molecule has 31 heavy (non-hydrogen) atoms. The molecular formula is C23H25N3O3S2. The monoisotopic (exact) mass is 455 g/mol. The van der Waals surface area contributed by atoms with E-state index in [-0.39, 0.29) is 35.2 Å². The van der Waals surface area contributed by atoms with Crippen molar-refractivity contribution in [3.05, 3.63) is 54.1 Å². The molecule has 6 nitrogen and oxygen atoms in total. The summed E-state index contributed by atoms with van der Waals surface area (Å²) < 4.78 is 26.0. The van der Waals surface area contributed by atoms with Crippen LogP contribution in [0.5, 0.6) is 0 Å². The second-order valence-electron chi connectivity index (χ2n) is 8.43. The number of fused-ring (bicyclic) bond motifs is 1. The minimum atomic E-state index is -3.03. The molecule has 1 atom stereocenters. The van der Waals surface area contributed by atoms with Crippen molar-refractivity contribution < 1.29 is 13.2 Å². The lowest BCUT2D eigenvalue weighted by Crippen LogP contribution is -2.43. The standard InChI is InChI=1S/C23H25N3O3S2/c1-16-6-8-18(9-7-16)26-21-5-3-2-4-20(21)24-23(26)30-14-22(27)25(17-10-11-17)19-12-13-31(28,29)15-19/h2-9,17,19H,10-15H2,1H3/t19-/m1/s1. The summed E-state index contributed by atoms with van der Waals surface area (Å²) in [5, 5.41) is 0.771. The maximum Gasteiger partial charge on any atom is 0.233 e. The topological polar surface area (TPSA) is 72.3 Å². The first-order valence-electron chi connectivity index (χ1n) is 10.6. The summed E-state index contributed by atoms with van der Waals surface area (Å²) in [5.74, 6) is 0.547. The molecule has 2 heterocycles. The molecule has 1 saturated carbocycles. The highest BCUT2D eigenvalue weighted by atomic mass is 32.2. The lowest BCUT2D eigenvalue weighted by molar-refractivity contribution is -0.130. The Labute approximate surface area is 186 Å². The fourth-order valence-corrected chi connectivity index (χ4v) is 6.91. The number of thioether (sulfide) groups is 1. The van der Waals surface area contributed by atoms with Gasteiger partial charge in [0, 0.05) is 17.8 Å². The Bertz CT molecular complexity index is 1230. The van der Waals surface area contributed by atoms with Crippen molar-refractivity contribution in [2.45, 2.75) is 43.4 Å². The van der Waals surface area contributed by atoms with Crippen molar-refractivity contribution in [3.63, 3.8) is 0 Å². The van der Waals surface area contributed by atoms with Gasteiger partial charge >= 0.3 is 0 Å². The average Bonchev–Trinajstić information content (AvgIpc) is 3.41. The number of hydrogen-bond donors (Lipinski definition) is 0. The van der Waals surface area contributed by atoms with Crippen LogP contribution in [0.2, 0.25) is 0 Å². The van der Waals surface area contributed by atoms with Gasteiger partial charge in [0.15, 0.2) is 15.0 Å². The highest BCUT2D eigenvalue weighted by molar-refractivity contribution is 7.99. The number of aromatic nitrogens is 2. The third-order valence-electron chi connectivity index (χ3n) is 5.98. The quantitative estimate of drug-likeness (QED) is 0.531. The third-order valence-corrected chi connectivity index (χ3v) is 8.65. The van der Waals surface area contributed by atoms with E-state index in [0.717, 1.165) is 34.7 Å². The second kappa shape index (κ2) is 7.98. The van der Waals surface area contributed by atoms with Crippen LogP contribution in [-0.2, 0) is 14.6 Å². The number of benzene rings is 2. The number of carbonyl (C=O) groups excluding carboxylic acids is 1. The van der Waals surface area contributed by atoms with Gasteiger partial charge < -0.3 is 4.90 Å². The van der Waals surface area contributed by atoms with E-state index in [0.29, 0.717) is 6.42 Å². The van der Waals surface area contributed by atoms with E-state index < -0.39 is 9.84 Å². The van der Waals surface area contributed by atoms with E-state index in [4.69, 9.17) is 4.98 Å². The van der Waals surface area contributed by atoms with Gasteiger partial charge in [0.2, 0.25) is 5.91 Å². The van der Waals surface area contributed by atoms with Crippen LogP contribution in [0.4, 0.5) is 0 Å². The minimum absolute atomic E-state index is 0.0112. The summed E-state index contributed by atoms with van der Waals surface area (Å²) in [5.41, 5.74) is 4.08. The molecular weight excluding hydrogens is 430 g/mol. The summed E-state index contributed by atoms with van der Waals surface area (Å²) in [6.07, 6.45) is 2.49. The first kappa shape index (κ1) is 20.6. The van der Waals surface area contributed by atoms with Gasteiger partial charge in [-0.1, -0.05) is 41.6 Å². The molecule has 1 aromatic heterocycles. The predicted molar refractivity (Wildman–Crippen MR) is 123 cm³/mol. The highest BCUT2D eigenvalue weighted by Crippen LogP contribution is 2.34. The van der Waals surface area contributed by atoms with Gasteiger partial charge in [-0.05, 0) is 50.5 Å². The van der Waals surface area contributed by atoms with Crippen molar-refractivity contribution >= 4 is 38.5 Å². The fraction of sp³-hybridized carbons (Fsp3) is 0.391. The molecule has 0 N–H and O–H groups in total. The molecule has 1 aliphatic heterocycles. The van der Waals surface area contributed by atoms with Crippen LogP contribution in [0.25, 0.3) is 16.7 Å². The Morgan fingerprint density at radius 3 is 2.52 bits per heavy atom. The van der Waals surface area contributed by atoms with Gasteiger partial charge in [-0.25, -0.2) is 13.4 Å². The van der Waals surface area contributed by atoms with E-state index >= 15 is 0 Å². The molecule has 3 aromatic rings. The normalized spacial score (nSPS) is 20.2. The fourth-order valence-electron chi connectivity index (χ4n) is 4.30. The van der Waals surface area contributed by atoms with E-state index in [1.807, 2.05) is 29.2 Å². The van der Waals surface area contributed by atoms with E-state index in [1.54, 1.807) is 0 Å². The average molecular weight is 456 g/mol. The largest absolute Gasteiger partial charge is 0.335 e. The number of para-hydroxylation sites is 2. The summed E-state index contributed by atoms with van der Waals surface area (Å²) in [6, 6.07) is 16.2. The molecule has 0 spiro atoms. The third kappa shape index (κ3) is 4.23. The number of rotatable bonds is 6. The van der Waals surface area contributed by atoms with Crippen LogP contribution in [0.1, 0.15) is 24.8 Å². The SMILES string of the molecule is Cc1ccc(-n2c(SCC(=O)N(C3CC3)[C@@H]3CCS(=O)(=O)C3)nc3ccccc32)cc1. The van der Waals surface area contributed by atoms with Gasteiger partial charge in [0.05, 0.1) is 28.3 Å². The summed E-state index contributed by atoms with van der Waals surface area (Å²) in [6.45, 7) is 2.06. The number of sulfone groups is 1. The minimum Gasteiger partial charge on any atom is -0.335 e. The molecule has 5 rings (SSSR count). The molecule has 2 aliphatic rings.